The van der Waals surface area contributed by atoms with Gasteiger partial charge in [-0.1, -0.05) is 54.6 Å². The van der Waals surface area contributed by atoms with Crippen LogP contribution in [0.2, 0.25) is 0 Å². The second-order valence-corrected chi connectivity index (χ2v) is 10.6. The van der Waals surface area contributed by atoms with Gasteiger partial charge in [-0.15, -0.1) is 0 Å². The molecule has 0 aromatic heterocycles. The molecule has 7 nitrogen and oxygen atoms in total. The molecule has 1 aliphatic heterocycles. The lowest BCUT2D eigenvalue weighted by Gasteiger charge is -2.47. The molecule has 0 spiro atoms. The SMILES string of the molecule is CCN(CC)C(=O)c1ccc([C@H](c2cccc(OCC(=O)O)c2)N2C[C@@H](C)N(Cc3ccccc3)C[C@@H]2C)cc1. The number of carbonyl (C=O) groups is 2. The molecule has 4 rings (SSSR count). The van der Waals surface area contributed by atoms with Crippen LogP contribution in [0.25, 0.3) is 0 Å². The van der Waals surface area contributed by atoms with E-state index in [2.05, 4.69) is 66.1 Å². The number of carbonyl (C=O) groups excluding carboxylic acids is 1. The summed E-state index contributed by atoms with van der Waals surface area (Å²) < 4.78 is 5.54. The van der Waals surface area contributed by atoms with Crippen molar-refractivity contribution in [3.8, 4) is 5.75 Å². The normalized spacial score (nSPS) is 18.7. The van der Waals surface area contributed by atoms with Gasteiger partial charge >= 0.3 is 5.97 Å². The predicted molar refractivity (Wildman–Crippen MR) is 158 cm³/mol. The summed E-state index contributed by atoms with van der Waals surface area (Å²) in [6, 6.07) is 26.8. The van der Waals surface area contributed by atoms with Crippen LogP contribution in [-0.2, 0) is 11.3 Å². The number of aliphatic carboxylic acids is 1. The van der Waals surface area contributed by atoms with Crippen molar-refractivity contribution in [1.82, 2.24) is 14.7 Å². The van der Waals surface area contributed by atoms with E-state index in [-0.39, 0.29) is 24.6 Å². The van der Waals surface area contributed by atoms with Crippen LogP contribution in [0.5, 0.6) is 5.75 Å². The first-order valence-corrected chi connectivity index (χ1v) is 14.2. The zero-order valence-electron chi connectivity index (χ0n) is 24.0. The largest absolute Gasteiger partial charge is 0.482 e. The number of ether oxygens (including phenoxy) is 1. The third-order valence-corrected chi connectivity index (χ3v) is 7.78. The fraction of sp³-hybridized carbons (Fsp3) is 0.394. The van der Waals surface area contributed by atoms with Gasteiger partial charge in [0.1, 0.15) is 5.75 Å². The molecule has 0 aliphatic carbocycles. The second-order valence-electron chi connectivity index (χ2n) is 10.6. The van der Waals surface area contributed by atoms with E-state index >= 15 is 0 Å². The van der Waals surface area contributed by atoms with Gasteiger partial charge < -0.3 is 14.7 Å². The van der Waals surface area contributed by atoms with Crippen LogP contribution in [0.3, 0.4) is 0 Å². The molecule has 1 N–H and O–H groups in total. The first-order chi connectivity index (χ1) is 19.3. The summed E-state index contributed by atoms with van der Waals surface area (Å²) in [6.07, 6.45) is 0. The zero-order valence-corrected chi connectivity index (χ0v) is 24.0. The Morgan fingerprint density at radius 2 is 1.60 bits per heavy atom. The Morgan fingerprint density at radius 1 is 0.900 bits per heavy atom. The molecule has 0 saturated carbocycles. The van der Waals surface area contributed by atoms with E-state index in [1.807, 2.05) is 49.1 Å². The number of carboxylic acid groups (broad SMARTS) is 1. The molecular formula is C33H41N3O4. The lowest BCUT2D eigenvalue weighted by Crippen LogP contribution is -2.56. The molecule has 0 radical (unpaired) electrons. The maximum absolute atomic E-state index is 13.0. The Bertz CT molecular complexity index is 1260. The number of amides is 1. The van der Waals surface area contributed by atoms with Crippen molar-refractivity contribution in [2.75, 3.05) is 32.8 Å². The van der Waals surface area contributed by atoms with E-state index in [1.54, 1.807) is 6.07 Å². The molecule has 3 atom stereocenters. The highest BCUT2D eigenvalue weighted by Crippen LogP contribution is 2.35. The molecule has 0 bridgehead atoms. The molecule has 1 amide bonds. The fourth-order valence-electron chi connectivity index (χ4n) is 5.62. The maximum atomic E-state index is 13.0. The lowest BCUT2D eigenvalue weighted by atomic mass is 9.92. The minimum atomic E-state index is -1.01. The number of hydrogen-bond donors (Lipinski definition) is 1. The minimum absolute atomic E-state index is 0.0358. The third kappa shape index (κ3) is 7.09. The number of carboxylic acids is 1. The van der Waals surface area contributed by atoms with E-state index in [4.69, 9.17) is 9.84 Å². The number of rotatable bonds is 11. The van der Waals surface area contributed by atoms with Gasteiger partial charge in [-0.25, -0.2) is 4.79 Å². The predicted octanol–water partition coefficient (Wildman–Crippen LogP) is 5.32. The Balaban J connectivity index is 1.65. The van der Waals surface area contributed by atoms with Crippen LogP contribution in [0.4, 0.5) is 0 Å². The van der Waals surface area contributed by atoms with Gasteiger partial charge in [0.15, 0.2) is 6.61 Å². The van der Waals surface area contributed by atoms with Crippen molar-refractivity contribution in [3.63, 3.8) is 0 Å². The van der Waals surface area contributed by atoms with Crippen molar-refractivity contribution in [1.29, 1.82) is 0 Å². The van der Waals surface area contributed by atoms with Crippen molar-refractivity contribution >= 4 is 11.9 Å². The van der Waals surface area contributed by atoms with Gasteiger partial charge in [0, 0.05) is 50.4 Å². The molecule has 3 aromatic rings. The molecule has 1 fully saturated rings. The van der Waals surface area contributed by atoms with Gasteiger partial charge in [-0.05, 0) is 68.7 Å². The summed E-state index contributed by atoms with van der Waals surface area (Å²) in [5, 5.41) is 9.11. The summed E-state index contributed by atoms with van der Waals surface area (Å²) in [7, 11) is 0. The minimum Gasteiger partial charge on any atom is -0.482 e. The van der Waals surface area contributed by atoms with Crippen LogP contribution in [0, 0.1) is 0 Å². The smallest absolute Gasteiger partial charge is 0.341 e. The Morgan fingerprint density at radius 3 is 2.25 bits per heavy atom. The summed E-state index contributed by atoms with van der Waals surface area (Å²) in [4.78, 5) is 30.9. The molecule has 1 saturated heterocycles. The third-order valence-electron chi connectivity index (χ3n) is 7.78. The first-order valence-electron chi connectivity index (χ1n) is 14.2. The van der Waals surface area contributed by atoms with E-state index in [0.717, 1.165) is 30.8 Å². The lowest BCUT2D eigenvalue weighted by molar-refractivity contribution is -0.139. The van der Waals surface area contributed by atoms with Crippen LogP contribution in [0.1, 0.15) is 60.8 Å². The quantitative estimate of drug-likeness (QED) is 0.353. The first kappa shape index (κ1) is 29.3. The molecule has 0 unspecified atom stereocenters. The molecule has 1 heterocycles. The number of piperazine rings is 1. The van der Waals surface area contributed by atoms with Crippen molar-refractivity contribution in [2.24, 2.45) is 0 Å². The van der Waals surface area contributed by atoms with Gasteiger partial charge in [0.25, 0.3) is 5.91 Å². The van der Waals surface area contributed by atoms with Gasteiger partial charge in [0.05, 0.1) is 6.04 Å². The monoisotopic (exact) mass is 543 g/mol. The van der Waals surface area contributed by atoms with E-state index in [1.165, 1.54) is 5.56 Å². The number of benzene rings is 3. The topological polar surface area (TPSA) is 73.3 Å². The van der Waals surface area contributed by atoms with Gasteiger partial charge in [-0.2, -0.15) is 0 Å². The van der Waals surface area contributed by atoms with Crippen molar-refractivity contribution in [2.45, 2.75) is 52.4 Å². The van der Waals surface area contributed by atoms with Crippen LogP contribution < -0.4 is 4.74 Å². The van der Waals surface area contributed by atoms with Crippen LogP contribution in [0.15, 0.2) is 78.9 Å². The van der Waals surface area contributed by atoms with E-state index < -0.39 is 5.97 Å². The number of nitrogens with zero attached hydrogens (tertiary/aromatic N) is 3. The van der Waals surface area contributed by atoms with E-state index in [9.17, 15) is 9.59 Å². The molecule has 40 heavy (non-hydrogen) atoms. The summed E-state index contributed by atoms with van der Waals surface area (Å²) in [6.45, 7) is 12.2. The highest BCUT2D eigenvalue weighted by atomic mass is 16.5. The highest BCUT2D eigenvalue weighted by molar-refractivity contribution is 5.94. The van der Waals surface area contributed by atoms with Crippen molar-refractivity contribution < 1.29 is 19.4 Å². The average Bonchev–Trinajstić information content (AvgIpc) is 2.96. The standard InChI is InChI=1S/C33H41N3O4/c1-5-34(6-2)33(39)28-17-15-27(16-18-28)32(29-13-10-14-30(19-29)40-23-31(37)38)36-21-24(3)35(20-25(36)4)22-26-11-8-7-9-12-26/h7-19,24-25,32H,5-6,20-23H2,1-4H3,(H,37,38)/t24-,25+,32-/m1/s1. The molecule has 3 aromatic carbocycles. The summed E-state index contributed by atoms with van der Waals surface area (Å²) >= 11 is 0. The zero-order chi connectivity index (χ0) is 28.6. The summed E-state index contributed by atoms with van der Waals surface area (Å²) in [5.41, 5.74) is 4.10. The van der Waals surface area contributed by atoms with Gasteiger partial charge in [0.2, 0.25) is 0 Å². The average molecular weight is 544 g/mol. The number of hydrogen-bond acceptors (Lipinski definition) is 5. The highest BCUT2D eigenvalue weighted by Gasteiger charge is 2.35. The second kappa shape index (κ2) is 13.6. The van der Waals surface area contributed by atoms with Crippen LogP contribution >= 0.6 is 0 Å². The van der Waals surface area contributed by atoms with Crippen LogP contribution in [-0.4, -0.2) is 76.6 Å². The molecule has 212 valence electrons. The molecule has 7 heteroatoms. The van der Waals surface area contributed by atoms with Crippen molar-refractivity contribution in [3.05, 3.63) is 101 Å². The Hall–Kier alpha value is -3.68. The fourth-order valence-corrected chi connectivity index (χ4v) is 5.62. The summed E-state index contributed by atoms with van der Waals surface area (Å²) in [5.74, 6) is -0.442. The maximum Gasteiger partial charge on any atom is 0.341 e. The molecule has 1 aliphatic rings. The molecular weight excluding hydrogens is 502 g/mol. The van der Waals surface area contributed by atoms with E-state index in [0.29, 0.717) is 30.4 Å². The van der Waals surface area contributed by atoms with Gasteiger partial charge in [-0.3, -0.25) is 14.6 Å². The Kier molecular flexibility index (Phi) is 9.96. The Labute approximate surface area is 238 Å².